The van der Waals surface area contributed by atoms with Crippen LogP contribution in [0.25, 0.3) is 22.8 Å². The van der Waals surface area contributed by atoms with Gasteiger partial charge < -0.3 is 19.2 Å². The van der Waals surface area contributed by atoms with Crippen LogP contribution in [0.2, 0.25) is 5.02 Å². The van der Waals surface area contributed by atoms with Crippen LogP contribution in [-0.4, -0.2) is 81.3 Å². The summed E-state index contributed by atoms with van der Waals surface area (Å²) in [6.07, 6.45) is 1.08. The van der Waals surface area contributed by atoms with Crippen molar-refractivity contribution < 1.29 is 17.3 Å². The van der Waals surface area contributed by atoms with Crippen molar-refractivity contribution in [2.24, 2.45) is 0 Å². The van der Waals surface area contributed by atoms with Gasteiger partial charge in [0.15, 0.2) is 9.84 Å². The van der Waals surface area contributed by atoms with E-state index < -0.39 is 15.7 Å². The second-order valence-corrected chi connectivity index (χ2v) is 11.7. The standard InChI is InChI=1S/C24H27ClFN5O3S/c1-29-7-2-8-30(10-9-29)21-5-3-17(15-19(21)25)23-27-24(34-28-23)18-4-6-22(20(26)16-18)31-11-13-35(32,33)14-12-31/h3-6,15-16H,2,7-14H2,1H3. The summed E-state index contributed by atoms with van der Waals surface area (Å²) in [7, 11) is -0.912. The summed E-state index contributed by atoms with van der Waals surface area (Å²) >= 11 is 6.62. The maximum Gasteiger partial charge on any atom is 0.258 e. The molecule has 0 radical (unpaired) electrons. The van der Waals surface area contributed by atoms with Gasteiger partial charge in [0.25, 0.3) is 5.89 Å². The van der Waals surface area contributed by atoms with Crippen LogP contribution in [0.15, 0.2) is 40.9 Å². The Balaban J connectivity index is 1.33. The minimum atomic E-state index is -3.04. The normalized spacial score (nSPS) is 19.1. The molecular weight excluding hydrogens is 493 g/mol. The summed E-state index contributed by atoms with van der Waals surface area (Å²) in [6.45, 7) is 4.46. The molecule has 0 atom stereocenters. The van der Waals surface area contributed by atoms with Gasteiger partial charge in [-0.05, 0) is 56.4 Å². The highest BCUT2D eigenvalue weighted by atomic mass is 35.5. The third kappa shape index (κ3) is 5.29. The fourth-order valence-electron chi connectivity index (χ4n) is 4.50. The first-order valence-corrected chi connectivity index (χ1v) is 13.8. The quantitative estimate of drug-likeness (QED) is 0.517. The number of halogens is 2. The van der Waals surface area contributed by atoms with E-state index in [0.29, 0.717) is 27.7 Å². The lowest BCUT2D eigenvalue weighted by molar-refractivity contribution is 0.360. The van der Waals surface area contributed by atoms with Gasteiger partial charge in [0.1, 0.15) is 5.82 Å². The number of sulfone groups is 1. The van der Waals surface area contributed by atoms with Crippen molar-refractivity contribution in [2.75, 3.05) is 67.6 Å². The Morgan fingerprint density at radius 1 is 0.914 bits per heavy atom. The molecule has 186 valence electrons. The second kappa shape index (κ2) is 9.75. The average molecular weight is 520 g/mol. The molecule has 0 spiro atoms. The highest BCUT2D eigenvalue weighted by molar-refractivity contribution is 7.91. The van der Waals surface area contributed by atoms with Crippen molar-refractivity contribution in [3.05, 3.63) is 47.2 Å². The third-order valence-electron chi connectivity index (χ3n) is 6.57. The van der Waals surface area contributed by atoms with E-state index in [-0.39, 0.29) is 30.5 Å². The highest BCUT2D eigenvalue weighted by Crippen LogP contribution is 2.32. The van der Waals surface area contributed by atoms with Gasteiger partial charge in [-0.1, -0.05) is 16.8 Å². The molecule has 35 heavy (non-hydrogen) atoms. The van der Waals surface area contributed by atoms with Crippen LogP contribution in [0.5, 0.6) is 0 Å². The minimum Gasteiger partial charge on any atom is -0.369 e. The van der Waals surface area contributed by atoms with Gasteiger partial charge in [-0.2, -0.15) is 4.98 Å². The molecule has 0 unspecified atom stereocenters. The zero-order valence-electron chi connectivity index (χ0n) is 19.5. The van der Waals surface area contributed by atoms with E-state index in [1.807, 2.05) is 18.2 Å². The molecule has 8 nitrogen and oxygen atoms in total. The number of likely N-dealkylation sites (N-methyl/N-ethyl adjacent to an activating group) is 1. The van der Waals surface area contributed by atoms with E-state index in [1.165, 1.54) is 6.07 Å². The first-order chi connectivity index (χ1) is 16.8. The zero-order chi connectivity index (χ0) is 24.6. The lowest BCUT2D eigenvalue weighted by Gasteiger charge is -2.29. The topological polar surface area (TPSA) is 82.8 Å². The van der Waals surface area contributed by atoms with E-state index in [0.717, 1.165) is 38.3 Å². The molecule has 3 aromatic rings. The third-order valence-corrected chi connectivity index (χ3v) is 8.48. The van der Waals surface area contributed by atoms with Gasteiger partial charge in [0.05, 0.1) is 27.9 Å². The molecule has 0 amide bonds. The van der Waals surface area contributed by atoms with Crippen LogP contribution in [0.4, 0.5) is 15.8 Å². The number of hydrogen-bond donors (Lipinski definition) is 0. The van der Waals surface area contributed by atoms with Crippen molar-refractivity contribution in [1.82, 2.24) is 15.0 Å². The molecule has 3 heterocycles. The van der Waals surface area contributed by atoms with Crippen LogP contribution in [0, 0.1) is 5.82 Å². The SMILES string of the molecule is CN1CCCN(c2ccc(-c3noc(-c4ccc(N5CCS(=O)(=O)CC5)c(F)c4)n3)cc2Cl)CC1. The summed E-state index contributed by atoms with van der Waals surface area (Å²) in [4.78, 5) is 10.8. The molecule has 2 saturated heterocycles. The van der Waals surface area contributed by atoms with E-state index in [4.69, 9.17) is 16.1 Å². The number of nitrogens with zero attached hydrogens (tertiary/aromatic N) is 5. The second-order valence-electron chi connectivity index (χ2n) is 9.04. The van der Waals surface area contributed by atoms with Gasteiger partial charge in [-0.15, -0.1) is 0 Å². The minimum absolute atomic E-state index is 0.0252. The molecule has 0 bridgehead atoms. The molecule has 0 aliphatic carbocycles. The fourth-order valence-corrected chi connectivity index (χ4v) is 6.00. The van der Waals surface area contributed by atoms with E-state index in [2.05, 4.69) is 27.0 Å². The molecule has 0 saturated carbocycles. The maximum absolute atomic E-state index is 14.9. The molecular formula is C24H27ClFN5O3S. The smallest absolute Gasteiger partial charge is 0.258 e. The van der Waals surface area contributed by atoms with E-state index in [9.17, 15) is 12.8 Å². The van der Waals surface area contributed by atoms with Gasteiger partial charge in [0.2, 0.25) is 5.82 Å². The molecule has 5 rings (SSSR count). The molecule has 11 heteroatoms. The number of hydrogen-bond acceptors (Lipinski definition) is 8. The monoisotopic (exact) mass is 519 g/mol. The van der Waals surface area contributed by atoms with Crippen molar-refractivity contribution in [1.29, 1.82) is 0 Å². The summed E-state index contributed by atoms with van der Waals surface area (Å²) < 4.78 is 43.6. The Bertz CT molecular complexity index is 1320. The average Bonchev–Trinajstić information content (AvgIpc) is 3.22. The molecule has 2 fully saturated rings. The maximum atomic E-state index is 14.9. The Kier molecular flexibility index (Phi) is 6.69. The Hall–Kier alpha value is -2.69. The van der Waals surface area contributed by atoms with Crippen molar-refractivity contribution in [3.8, 4) is 22.8 Å². The molecule has 1 aromatic heterocycles. The molecule has 0 N–H and O–H groups in total. The van der Waals surface area contributed by atoms with E-state index >= 15 is 0 Å². The van der Waals surface area contributed by atoms with Crippen LogP contribution < -0.4 is 9.80 Å². The molecule has 2 aliphatic heterocycles. The fraction of sp³-hybridized carbons (Fsp3) is 0.417. The summed E-state index contributed by atoms with van der Waals surface area (Å²) in [5.74, 6) is 0.156. The predicted molar refractivity (Wildman–Crippen MR) is 135 cm³/mol. The zero-order valence-corrected chi connectivity index (χ0v) is 21.0. The van der Waals surface area contributed by atoms with Gasteiger partial charge in [-0.3, -0.25) is 0 Å². The number of aromatic nitrogens is 2. The first kappa shape index (κ1) is 24.0. The van der Waals surface area contributed by atoms with Gasteiger partial charge >= 0.3 is 0 Å². The van der Waals surface area contributed by atoms with Crippen molar-refractivity contribution >= 4 is 32.8 Å². The highest BCUT2D eigenvalue weighted by Gasteiger charge is 2.24. The lowest BCUT2D eigenvalue weighted by Crippen LogP contribution is -2.40. The summed E-state index contributed by atoms with van der Waals surface area (Å²) in [5.41, 5.74) is 2.52. The van der Waals surface area contributed by atoms with Crippen LogP contribution in [0.1, 0.15) is 6.42 Å². The van der Waals surface area contributed by atoms with Crippen LogP contribution >= 0.6 is 11.6 Å². The number of benzene rings is 2. The Morgan fingerprint density at radius 2 is 1.63 bits per heavy atom. The van der Waals surface area contributed by atoms with Crippen LogP contribution in [-0.2, 0) is 9.84 Å². The van der Waals surface area contributed by atoms with E-state index in [1.54, 1.807) is 17.0 Å². The number of rotatable bonds is 4. The Morgan fingerprint density at radius 3 is 2.37 bits per heavy atom. The van der Waals surface area contributed by atoms with Gasteiger partial charge in [-0.25, -0.2) is 12.8 Å². The summed E-state index contributed by atoms with van der Waals surface area (Å²) in [5, 5.41) is 4.69. The molecule has 2 aromatic carbocycles. The van der Waals surface area contributed by atoms with Crippen molar-refractivity contribution in [3.63, 3.8) is 0 Å². The predicted octanol–water partition coefficient (Wildman–Crippen LogP) is 3.57. The van der Waals surface area contributed by atoms with Crippen molar-refractivity contribution in [2.45, 2.75) is 6.42 Å². The Labute approximate surface area is 209 Å². The summed E-state index contributed by atoms with van der Waals surface area (Å²) in [6, 6.07) is 10.4. The van der Waals surface area contributed by atoms with Crippen LogP contribution in [0.3, 0.4) is 0 Å². The lowest BCUT2D eigenvalue weighted by atomic mass is 10.1. The first-order valence-electron chi connectivity index (χ1n) is 11.6. The van der Waals surface area contributed by atoms with Gasteiger partial charge in [0, 0.05) is 43.9 Å². The molecule has 2 aliphatic rings. The largest absolute Gasteiger partial charge is 0.369 e. The number of anilines is 2.